The second-order valence-electron chi connectivity index (χ2n) is 6.80. The van der Waals surface area contributed by atoms with Gasteiger partial charge in [0.1, 0.15) is 11.5 Å². The molecule has 0 bridgehead atoms. The SMILES string of the molecule is CCNC(=NCCCOc1cccc(OC)c1)NC1CCN(CC(N)=O)CC1. The molecule has 28 heavy (non-hydrogen) atoms. The van der Waals surface area contributed by atoms with E-state index in [2.05, 4.69) is 27.4 Å². The largest absolute Gasteiger partial charge is 0.497 e. The van der Waals surface area contributed by atoms with Gasteiger partial charge in [-0.25, -0.2) is 0 Å². The van der Waals surface area contributed by atoms with E-state index in [1.807, 2.05) is 24.3 Å². The quantitative estimate of drug-likeness (QED) is 0.312. The van der Waals surface area contributed by atoms with Crippen LogP contribution in [0.5, 0.6) is 11.5 Å². The highest BCUT2D eigenvalue weighted by atomic mass is 16.5. The van der Waals surface area contributed by atoms with Crippen LogP contribution in [0, 0.1) is 0 Å². The summed E-state index contributed by atoms with van der Waals surface area (Å²) in [5.41, 5.74) is 5.27. The molecule has 1 saturated heterocycles. The maximum atomic E-state index is 11.0. The number of carbonyl (C=O) groups is 1. The number of likely N-dealkylation sites (tertiary alicyclic amines) is 1. The van der Waals surface area contributed by atoms with Crippen LogP contribution in [0.4, 0.5) is 0 Å². The molecule has 1 aliphatic rings. The fraction of sp³-hybridized carbons (Fsp3) is 0.600. The van der Waals surface area contributed by atoms with Crippen molar-refractivity contribution in [2.75, 3.05) is 46.4 Å². The van der Waals surface area contributed by atoms with Crippen molar-refractivity contribution in [1.29, 1.82) is 0 Å². The van der Waals surface area contributed by atoms with Crippen LogP contribution in [0.25, 0.3) is 0 Å². The van der Waals surface area contributed by atoms with Gasteiger partial charge in [0.15, 0.2) is 5.96 Å². The molecule has 1 aromatic carbocycles. The third-order valence-corrected chi connectivity index (χ3v) is 4.53. The first-order valence-electron chi connectivity index (χ1n) is 9.93. The van der Waals surface area contributed by atoms with Gasteiger partial charge in [-0.1, -0.05) is 6.07 Å². The van der Waals surface area contributed by atoms with Crippen LogP contribution in [0.1, 0.15) is 26.2 Å². The number of hydrogen-bond donors (Lipinski definition) is 3. The van der Waals surface area contributed by atoms with Gasteiger partial charge >= 0.3 is 0 Å². The molecule has 1 aliphatic heterocycles. The number of carbonyl (C=O) groups excluding carboxylic acids is 1. The average Bonchev–Trinajstić information content (AvgIpc) is 2.69. The van der Waals surface area contributed by atoms with Crippen molar-refractivity contribution in [3.05, 3.63) is 24.3 Å². The number of hydrogen-bond acceptors (Lipinski definition) is 5. The van der Waals surface area contributed by atoms with Gasteiger partial charge in [-0.05, 0) is 31.9 Å². The van der Waals surface area contributed by atoms with Gasteiger partial charge in [-0.2, -0.15) is 0 Å². The summed E-state index contributed by atoms with van der Waals surface area (Å²) in [5, 5.41) is 6.78. The van der Waals surface area contributed by atoms with Gasteiger partial charge < -0.3 is 25.8 Å². The molecule has 156 valence electrons. The normalized spacial score (nSPS) is 15.9. The summed E-state index contributed by atoms with van der Waals surface area (Å²) in [4.78, 5) is 17.8. The Kier molecular flexibility index (Phi) is 9.41. The summed E-state index contributed by atoms with van der Waals surface area (Å²) < 4.78 is 10.9. The number of nitrogens with one attached hydrogen (secondary N) is 2. The Morgan fingerprint density at radius 2 is 2.07 bits per heavy atom. The molecule has 0 aliphatic carbocycles. The Bertz CT molecular complexity index is 630. The Morgan fingerprint density at radius 3 is 2.75 bits per heavy atom. The van der Waals surface area contributed by atoms with Crippen molar-refractivity contribution >= 4 is 11.9 Å². The first kappa shape index (κ1) is 21.8. The van der Waals surface area contributed by atoms with Crippen LogP contribution in [0.15, 0.2) is 29.3 Å². The van der Waals surface area contributed by atoms with Gasteiger partial charge in [-0.3, -0.25) is 14.7 Å². The number of ether oxygens (including phenoxy) is 2. The van der Waals surface area contributed by atoms with Crippen LogP contribution in [-0.2, 0) is 4.79 Å². The summed E-state index contributed by atoms with van der Waals surface area (Å²) in [6, 6.07) is 7.95. The van der Waals surface area contributed by atoms with Gasteiger partial charge in [-0.15, -0.1) is 0 Å². The molecule has 0 radical (unpaired) electrons. The molecule has 0 aromatic heterocycles. The molecule has 0 unspecified atom stereocenters. The lowest BCUT2D eigenvalue weighted by Crippen LogP contribution is -2.49. The molecule has 8 heteroatoms. The minimum absolute atomic E-state index is 0.266. The van der Waals surface area contributed by atoms with Gasteiger partial charge in [0.05, 0.1) is 20.3 Å². The molecule has 0 atom stereocenters. The van der Waals surface area contributed by atoms with E-state index in [4.69, 9.17) is 15.2 Å². The standard InChI is InChI=1S/C20H33N5O3/c1-3-22-20(24-16-8-11-25(12-9-16)15-19(21)26)23-10-5-13-28-18-7-4-6-17(14-18)27-2/h4,6-7,14,16H,3,5,8-13,15H2,1-2H3,(H2,21,26)(H2,22,23,24). The highest BCUT2D eigenvalue weighted by Gasteiger charge is 2.20. The van der Waals surface area contributed by atoms with E-state index in [0.717, 1.165) is 56.4 Å². The van der Waals surface area contributed by atoms with E-state index >= 15 is 0 Å². The number of rotatable bonds is 10. The van der Waals surface area contributed by atoms with Gasteiger partial charge in [0, 0.05) is 44.7 Å². The number of nitrogens with two attached hydrogens (primary N) is 1. The molecule has 1 fully saturated rings. The minimum atomic E-state index is -0.266. The zero-order chi connectivity index (χ0) is 20.2. The predicted molar refractivity (Wildman–Crippen MR) is 111 cm³/mol. The third-order valence-electron chi connectivity index (χ3n) is 4.53. The summed E-state index contributed by atoms with van der Waals surface area (Å²) in [6.07, 6.45) is 2.76. The molecule has 2 rings (SSSR count). The fourth-order valence-electron chi connectivity index (χ4n) is 3.11. The van der Waals surface area contributed by atoms with Crippen molar-refractivity contribution in [3.63, 3.8) is 0 Å². The number of benzene rings is 1. The zero-order valence-corrected chi connectivity index (χ0v) is 16.9. The molecule has 0 spiro atoms. The Balaban J connectivity index is 1.70. The van der Waals surface area contributed by atoms with E-state index < -0.39 is 0 Å². The summed E-state index contributed by atoms with van der Waals surface area (Å²) in [5.74, 6) is 2.15. The van der Waals surface area contributed by atoms with Crippen LogP contribution >= 0.6 is 0 Å². The molecule has 1 aromatic rings. The number of methoxy groups -OCH3 is 1. The van der Waals surface area contributed by atoms with Gasteiger partial charge in [0.25, 0.3) is 0 Å². The van der Waals surface area contributed by atoms with Gasteiger partial charge in [0.2, 0.25) is 5.91 Å². The van der Waals surface area contributed by atoms with E-state index in [-0.39, 0.29) is 5.91 Å². The molecule has 1 amide bonds. The molecular weight excluding hydrogens is 358 g/mol. The van der Waals surface area contributed by atoms with E-state index in [1.165, 1.54) is 0 Å². The fourth-order valence-corrected chi connectivity index (χ4v) is 3.11. The number of nitrogens with zero attached hydrogens (tertiary/aromatic N) is 2. The first-order chi connectivity index (χ1) is 13.6. The lowest BCUT2D eigenvalue weighted by molar-refractivity contribution is -0.119. The lowest BCUT2D eigenvalue weighted by Gasteiger charge is -2.32. The van der Waals surface area contributed by atoms with Crippen molar-refractivity contribution in [2.45, 2.75) is 32.2 Å². The first-order valence-corrected chi connectivity index (χ1v) is 9.93. The van der Waals surface area contributed by atoms with E-state index in [0.29, 0.717) is 25.7 Å². The number of piperidine rings is 1. The zero-order valence-electron chi connectivity index (χ0n) is 16.9. The maximum Gasteiger partial charge on any atom is 0.231 e. The second kappa shape index (κ2) is 12.1. The summed E-state index contributed by atoms with van der Waals surface area (Å²) in [7, 11) is 1.64. The highest BCUT2D eigenvalue weighted by molar-refractivity contribution is 5.80. The lowest BCUT2D eigenvalue weighted by atomic mass is 10.1. The number of aliphatic imine (C=N–C) groups is 1. The molecule has 1 heterocycles. The number of guanidine groups is 1. The smallest absolute Gasteiger partial charge is 0.231 e. The van der Waals surface area contributed by atoms with Crippen LogP contribution in [-0.4, -0.2) is 69.2 Å². The second-order valence-corrected chi connectivity index (χ2v) is 6.80. The maximum absolute atomic E-state index is 11.0. The van der Waals surface area contributed by atoms with E-state index in [1.54, 1.807) is 7.11 Å². The average molecular weight is 392 g/mol. The monoisotopic (exact) mass is 391 g/mol. The molecular formula is C20H33N5O3. The van der Waals surface area contributed by atoms with Crippen LogP contribution < -0.4 is 25.8 Å². The number of amides is 1. The van der Waals surface area contributed by atoms with Crippen molar-refractivity contribution in [1.82, 2.24) is 15.5 Å². The molecule has 8 nitrogen and oxygen atoms in total. The van der Waals surface area contributed by atoms with Crippen molar-refractivity contribution in [3.8, 4) is 11.5 Å². The highest BCUT2D eigenvalue weighted by Crippen LogP contribution is 2.18. The topological polar surface area (TPSA) is 101 Å². The Labute approximate surface area is 167 Å². The predicted octanol–water partition coefficient (Wildman–Crippen LogP) is 0.969. The summed E-state index contributed by atoms with van der Waals surface area (Å²) >= 11 is 0. The Morgan fingerprint density at radius 1 is 1.32 bits per heavy atom. The Hall–Kier alpha value is -2.48. The van der Waals surface area contributed by atoms with Crippen molar-refractivity contribution in [2.24, 2.45) is 10.7 Å². The van der Waals surface area contributed by atoms with Crippen molar-refractivity contribution < 1.29 is 14.3 Å². The molecule has 4 N–H and O–H groups in total. The third kappa shape index (κ3) is 8.04. The molecule has 0 saturated carbocycles. The minimum Gasteiger partial charge on any atom is -0.497 e. The van der Waals surface area contributed by atoms with Crippen LogP contribution in [0.3, 0.4) is 0 Å². The number of primary amides is 1. The summed E-state index contributed by atoms with van der Waals surface area (Å²) in [6.45, 7) is 6.23. The van der Waals surface area contributed by atoms with Crippen LogP contribution in [0.2, 0.25) is 0 Å². The van der Waals surface area contributed by atoms with E-state index in [9.17, 15) is 4.79 Å².